The third-order valence-corrected chi connectivity index (χ3v) is 2.96. The maximum absolute atomic E-state index is 12.9. The van der Waals surface area contributed by atoms with Crippen molar-refractivity contribution in [2.24, 2.45) is 0 Å². The van der Waals surface area contributed by atoms with Crippen LogP contribution in [0.1, 0.15) is 18.1 Å². The van der Waals surface area contributed by atoms with Gasteiger partial charge < -0.3 is 10.6 Å². The Bertz CT molecular complexity index is 446. The first-order chi connectivity index (χ1) is 9.04. The second-order valence-corrected chi connectivity index (χ2v) is 4.53. The van der Waals surface area contributed by atoms with E-state index in [0.717, 1.165) is 17.5 Å². The average molecular weight is 264 g/mol. The van der Waals surface area contributed by atoms with E-state index in [4.69, 9.17) is 0 Å². The molecule has 1 atom stereocenters. The van der Waals surface area contributed by atoms with E-state index in [1.807, 2.05) is 13.8 Å². The highest BCUT2D eigenvalue weighted by Crippen LogP contribution is 2.10. The van der Waals surface area contributed by atoms with Gasteiger partial charge >= 0.3 is 0 Å². The highest BCUT2D eigenvalue weighted by molar-refractivity contribution is 5.81. The third kappa shape index (κ3) is 5.22. The highest BCUT2D eigenvalue weighted by Gasteiger charge is 2.10. The molecule has 0 fully saturated rings. The van der Waals surface area contributed by atoms with Crippen LogP contribution in [0.25, 0.3) is 0 Å². The number of halogens is 1. The Morgan fingerprint density at radius 3 is 2.89 bits per heavy atom. The lowest BCUT2D eigenvalue weighted by atomic mass is 10.1. The largest absolute Gasteiger partial charge is 0.351 e. The SMILES string of the molecule is C=CCNC(=O)C(C)NCCc1ccc(F)cc1C. The summed E-state index contributed by atoms with van der Waals surface area (Å²) in [5.41, 5.74) is 2.03. The molecule has 19 heavy (non-hydrogen) atoms. The normalized spacial score (nSPS) is 11.9. The van der Waals surface area contributed by atoms with Crippen molar-refractivity contribution in [3.63, 3.8) is 0 Å². The topological polar surface area (TPSA) is 41.1 Å². The Balaban J connectivity index is 2.37. The number of hydrogen-bond acceptors (Lipinski definition) is 2. The second kappa shape index (κ2) is 7.69. The average Bonchev–Trinajstić information content (AvgIpc) is 2.38. The molecule has 0 aliphatic heterocycles. The Morgan fingerprint density at radius 1 is 1.53 bits per heavy atom. The van der Waals surface area contributed by atoms with Gasteiger partial charge in [-0.25, -0.2) is 4.39 Å². The van der Waals surface area contributed by atoms with Crippen LogP contribution in [0.5, 0.6) is 0 Å². The summed E-state index contributed by atoms with van der Waals surface area (Å²) >= 11 is 0. The predicted octanol–water partition coefficient (Wildman–Crippen LogP) is 1.96. The maximum atomic E-state index is 12.9. The Labute approximate surface area is 113 Å². The van der Waals surface area contributed by atoms with E-state index >= 15 is 0 Å². The number of aryl methyl sites for hydroxylation is 1. The Hall–Kier alpha value is -1.68. The van der Waals surface area contributed by atoms with Crippen LogP contribution >= 0.6 is 0 Å². The second-order valence-electron chi connectivity index (χ2n) is 4.53. The molecule has 1 aromatic rings. The molecule has 0 spiro atoms. The lowest BCUT2D eigenvalue weighted by Crippen LogP contribution is -2.42. The summed E-state index contributed by atoms with van der Waals surface area (Å²) in [4.78, 5) is 11.6. The number of benzene rings is 1. The first-order valence-electron chi connectivity index (χ1n) is 6.41. The fourth-order valence-corrected chi connectivity index (χ4v) is 1.78. The maximum Gasteiger partial charge on any atom is 0.237 e. The molecule has 3 nitrogen and oxygen atoms in total. The summed E-state index contributed by atoms with van der Waals surface area (Å²) in [6.07, 6.45) is 2.41. The number of rotatable bonds is 7. The minimum atomic E-state index is -0.249. The molecule has 1 unspecified atom stereocenters. The first-order valence-corrected chi connectivity index (χ1v) is 6.41. The molecule has 0 bridgehead atoms. The fourth-order valence-electron chi connectivity index (χ4n) is 1.78. The van der Waals surface area contributed by atoms with Crippen LogP contribution in [0.15, 0.2) is 30.9 Å². The summed E-state index contributed by atoms with van der Waals surface area (Å²) in [6.45, 7) is 8.40. The van der Waals surface area contributed by atoms with E-state index in [2.05, 4.69) is 17.2 Å². The van der Waals surface area contributed by atoms with Gasteiger partial charge in [-0.1, -0.05) is 12.1 Å². The van der Waals surface area contributed by atoms with Crippen molar-refractivity contribution in [1.82, 2.24) is 10.6 Å². The third-order valence-electron chi connectivity index (χ3n) is 2.96. The molecular weight excluding hydrogens is 243 g/mol. The number of carbonyl (C=O) groups is 1. The molecule has 2 N–H and O–H groups in total. The van der Waals surface area contributed by atoms with E-state index in [1.54, 1.807) is 12.1 Å². The summed E-state index contributed by atoms with van der Waals surface area (Å²) in [5.74, 6) is -0.262. The molecule has 1 aromatic carbocycles. The van der Waals surface area contributed by atoms with Crippen LogP contribution in [-0.4, -0.2) is 25.0 Å². The molecule has 0 aromatic heterocycles. The molecule has 0 aliphatic carbocycles. The lowest BCUT2D eigenvalue weighted by molar-refractivity contribution is -0.122. The predicted molar refractivity (Wildman–Crippen MR) is 75.5 cm³/mol. The van der Waals surface area contributed by atoms with Gasteiger partial charge in [0, 0.05) is 6.54 Å². The molecule has 0 radical (unpaired) electrons. The van der Waals surface area contributed by atoms with E-state index in [1.165, 1.54) is 12.1 Å². The molecule has 104 valence electrons. The van der Waals surface area contributed by atoms with Crippen LogP contribution in [0.4, 0.5) is 4.39 Å². The van der Waals surface area contributed by atoms with Gasteiger partial charge in [0.05, 0.1) is 6.04 Å². The molecule has 0 aliphatic rings. The molecule has 0 saturated carbocycles. The highest BCUT2D eigenvalue weighted by atomic mass is 19.1. The molecule has 4 heteroatoms. The summed E-state index contributed by atoms with van der Waals surface area (Å²) in [5, 5.41) is 5.87. The molecule has 0 heterocycles. The lowest BCUT2D eigenvalue weighted by Gasteiger charge is -2.14. The van der Waals surface area contributed by atoms with Crippen molar-refractivity contribution >= 4 is 5.91 Å². The zero-order chi connectivity index (χ0) is 14.3. The number of hydrogen-bond donors (Lipinski definition) is 2. The smallest absolute Gasteiger partial charge is 0.237 e. The number of amides is 1. The van der Waals surface area contributed by atoms with Crippen molar-refractivity contribution in [2.45, 2.75) is 26.3 Å². The summed E-state index contributed by atoms with van der Waals surface area (Å²) in [7, 11) is 0. The van der Waals surface area contributed by atoms with Gasteiger partial charge in [0.25, 0.3) is 0 Å². The minimum Gasteiger partial charge on any atom is -0.351 e. The molecule has 1 amide bonds. The van der Waals surface area contributed by atoms with Gasteiger partial charge in [0.2, 0.25) is 5.91 Å². The van der Waals surface area contributed by atoms with Crippen molar-refractivity contribution < 1.29 is 9.18 Å². The Kier molecular flexibility index (Phi) is 6.22. The minimum absolute atomic E-state index is 0.0456. The molecule has 1 rings (SSSR count). The van der Waals surface area contributed by atoms with Gasteiger partial charge in [0.15, 0.2) is 0 Å². The Morgan fingerprint density at radius 2 is 2.26 bits per heavy atom. The van der Waals surface area contributed by atoms with Crippen molar-refractivity contribution in [3.05, 3.63) is 47.8 Å². The fraction of sp³-hybridized carbons (Fsp3) is 0.400. The zero-order valence-electron chi connectivity index (χ0n) is 11.5. The van der Waals surface area contributed by atoms with Crippen molar-refractivity contribution in [2.75, 3.05) is 13.1 Å². The van der Waals surface area contributed by atoms with Gasteiger partial charge in [-0.05, 0) is 50.1 Å². The number of carbonyl (C=O) groups excluding carboxylic acids is 1. The standard InChI is InChI=1S/C15H21FN2O/c1-4-8-18-15(19)12(3)17-9-7-13-5-6-14(16)10-11(13)2/h4-6,10,12,17H,1,7-9H2,2-3H3,(H,18,19). The van der Waals surface area contributed by atoms with Gasteiger partial charge in [-0.2, -0.15) is 0 Å². The van der Waals surface area contributed by atoms with Gasteiger partial charge in [-0.3, -0.25) is 4.79 Å². The van der Waals surface area contributed by atoms with E-state index < -0.39 is 0 Å². The zero-order valence-corrected chi connectivity index (χ0v) is 11.5. The van der Waals surface area contributed by atoms with Crippen LogP contribution in [0, 0.1) is 12.7 Å². The van der Waals surface area contributed by atoms with Crippen LogP contribution in [-0.2, 0) is 11.2 Å². The first kappa shape index (κ1) is 15.4. The summed E-state index contributed by atoms with van der Waals surface area (Å²) in [6, 6.07) is 4.52. The summed E-state index contributed by atoms with van der Waals surface area (Å²) < 4.78 is 12.9. The van der Waals surface area contributed by atoms with Crippen molar-refractivity contribution in [1.29, 1.82) is 0 Å². The quantitative estimate of drug-likeness (QED) is 0.739. The van der Waals surface area contributed by atoms with Crippen LogP contribution < -0.4 is 10.6 Å². The van der Waals surface area contributed by atoms with Crippen LogP contribution in [0.2, 0.25) is 0 Å². The van der Waals surface area contributed by atoms with Crippen LogP contribution in [0.3, 0.4) is 0 Å². The van der Waals surface area contributed by atoms with Gasteiger partial charge in [0.1, 0.15) is 5.82 Å². The monoisotopic (exact) mass is 264 g/mol. The molecule has 0 saturated heterocycles. The molecular formula is C15H21FN2O. The van der Waals surface area contributed by atoms with Crippen molar-refractivity contribution in [3.8, 4) is 0 Å². The van der Waals surface area contributed by atoms with E-state index in [-0.39, 0.29) is 17.8 Å². The van der Waals surface area contributed by atoms with E-state index in [9.17, 15) is 9.18 Å². The van der Waals surface area contributed by atoms with E-state index in [0.29, 0.717) is 13.1 Å². The number of nitrogens with one attached hydrogen (secondary N) is 2. The van der Waals surface area contributed by atoms with Gasteiger partial charge in [-0.15, -0.1) is 6.58 Å².